The van der Waals surface area contributed by atoms with Crippen molar-refractivity contribution in [2.75, 3.05) is 0 Å². The second-order valence-electron chi connectivity index (χ2n) is 3.41. The lowest BCUT2D eigenvalue weighted by Crippen LogP contribution is -2.25. The van der Waals surface area contributed by atoms with Crippen LogP contribution in [0.5, 0.6) is 5.75 Å². The summed E-state index contributed by atoms with van der Waals surface area (Å²) < 4.78 is 0. The van der Waals surface area contributed by atoms with Crippen molar-refractivity contribution in [2.45, 2.75) is 18.9 Å². The molecule has 74 valence electrons. The van der Waals surface area contributed by atoms with Gasteiger partial charge in [0.2, 0.25) is 0 Å². The number of benzene rings is 1. The Kier molecular flexibility index (Phi) is 2.33. The van der Waals surface area contributed by atoms with Crippen molar-refractivity contribution in [3.05, 3.63) is 28.8 Å². The Hall–Kier alpha value is -1.22. The summed E-state index contributed by atoms with van der Waals surface area (Å²) in [5.74, 6) is -0.101. The fourth-order valence-electron chi connectivity index (χ4n) is 1.18. The molecule has 0 bridgehead atoms. The number of halogens is 1. The molecule has 1 fully saturated rings. The fraction of sp³-hybridized carbons (Fsp3) is 0.300. The molecule has 1 amide bonds. The molecule has 3 nitrogen and oxygen atoms in total. The van der Waals surface area contributed by atoms with Crippen LogP contribution in [-0.4, -0.2) is 17.1 Å². The summed E-state index contributed by atoms with van der Waals surface area (Å²) in [5.41, 5.74) is 0.413. The topological polar surface area (TPSA) is 49.3 Å². The van der Waals surface area contributed by atoms with Crippen LogP contribution in [0.25, 0.3) is 0 Å². The van der Waals surface area contributed by atoms with Gasteiger partial charge in [-0.2, -0.15) is 0 Å². The fourth-order valence-corrected chi connectivity index (χ4v) is 1.44. The predicted octanol–water partition coefficient (Wildman–Crippen LogP) is 1.94. The summed E-state index contributed by atoms with van der Waals surface area (Å²) in [6.07, 6.45) is 2.09. The van der Waals surface area contributed by atoms with Crippen molar-refractivity contribution in [1.29, 1.82) is 0 Å². The highest BCUT2D eigenvalue weighted by Crippen LogP contribution is 2.24. The van der Waals surface area contributed by atoms with Crippen LogP contribution < -0.4 is 5.32 Å². The lowest BCUT2D eigenvalue weighted by Gasteiger charge is -2.05. The standard InChI is InChI=1S/C10H10ClNO2/c11-9-5-7(13)3-4-8(9)10(14)12-6-1-2-6/h3-6,13H,1-2H2,(H,12,14). The Labute approximate surface area is 86.7 Å². The van der Waals surface area contributed by atoms with E-state index in [1.807, 2.05) is 0 Å². The molecule has 1 saturated carbocycles. The third-order valence-corrected chi connectivity index (χ3v) is 2.42. The van der Waals surface area contributed by atoms with Gasteiger partial charge < -0.3 is 10.4 Å². The average molecular weight is 212 g/mol. The maximum Gasteiger partial charge on any atom is 0.253 e. The van der Waals surface area contributed by atoms with Gasteiger partial charge in [-0.15, -0.1) is 0 Å². The Bertz CT molecular complexity index is 374. The molecule has 0 saturated heterocycles. The molecule has 0 spiro atoms. The first-order valence-electron chi connectivity index (χ1n) is 4.46. The highest BCUT2D eigenvalue weighted by atomic mass is 35.5. The smallest absolute Gasteiger partial charge is 0.253 e. The summed E-state index contributed by atoms with van der Waals surface area (Å²) >= 11 is 5.81. The molecule has 0 radical (unpaired) electrons. The van der Waals surface area contributed by atoms with E-state index in [-0.39, 0.29) is 16.7 Å². The molecule has 2 N–H and O–H groups in total. The van der Waals surface area contributed by atoms with Crippen LogP contribution in [0.1, 0.15) is 23.2 Å². The molecule has 1 aromatic rings. The van der Waals surface area contributed by atoms with Crippen molar-refractivity contribution in [2.24, 2.45) is 0 Å². The van der Waals surface area contributed by atoms with Gasteiger partial charge in [-0.25, -0.2) is 0 Å². The summed E-state index contributed by atoms with van der Waals surface area (Å²) in [6, 6.07) is 4.65. The van der Waals surface area contributed by atoms with E-state index < -0.39 is 0 Å². The zero-order chi connectivity index (χ0) is 10.1. The van der Waals surface area contributed by atoms with Crippen molar-refractivity contribution in [1.82, 2.24) is 5.32 Å². The Morgan fingerprint density at radius 1 is 1.50 bits per heavy atom. The molecular formula is C10H10ClNO2. The van der Waals surface area contributed by atoms with E-state index in [1.54, 1.807) is 0 Å². The largest absolute Gasteiger partial charge is 0.508 e. The Morgan fingerprint density at radius 3 is 2.79 bits per heavy atom. The summed E-state index contributed by atoms with van der Waals surface area (Å²) in [5, 5.41) is 12.2. The van der Waals surface area contributed by atoms with E-state index in [9.17, 15) is 4.79 Å². The average Bonchev–Trinajstić information content (AvgIpc) is 2.87. The minimum absolute atomic E-state index is 0.0676. The molecule has 2 rings (SSSR count). The lowest BCUT2D eigenvalue weighted by atomic mass is 10.2. The molecule has 1 aliphatic carbocycles. The van der Waals surface area contributed by atoms with Crippen LogP contribution >= 0.6 is 11.6 Å². The van der Waals surface area contributed by atoms with Gasteiger partial charge in [-0.05, 0) is 31.0 Å². The highest BCUT2D eigenvalue weighted by Gasteiger charge is 2.24. The monoisotopic (exact) mass is 211 g/mol. The van der Waals surface area contributed by atoms with Gasteiger partial charge in [-0.1, -0.05) is 11.6 Å². The third kappa shape index (κ3) is 1.99. The summed E-state index contributed by atoms with van der Waals surface area (Å²) in [7, 11) is 0. The molecule has 0 aromatic heterocycles. The number of phenols is 1. The van der Waals surface area contributed by atoms with E-state index in [1.165, 1.54) is 18.2 Å². The van der Waals surface area contributed by atoms with E-state index >= 15 is 0 Å². The molecule has 4 heteroatoms. The van der Waals surface area contributed by atoms with Crippen LogP contribution in [-0.2, 0) is 0 Å². The number of aromatic hydroxyl groups is 1. The first kappa shape index (κ1) is 9.34. The van der Waals surface area contributed by atoms with Crippen LogP contribution in [0, 0.1) is 0 Å². The van der Waals surface area contributed by atoms with Crippen LogP contribution in [0.2, 0.25) is 5.02 Å². The molecule has 0 heterocycles. The maximum atomic E-state index is 11.6. The van der Waals surface area contributed by atoms with Gasteiger partial charge in [-0.3, -0.25) is 4.79 Å². The van der Waals surface area contributed by atoms with Gasteiger partial charge in [0.15, 0.2) is 0 Å². The number of hydrogen-bond acceptors (Lipinski definition) is 2. The van der Waals surface area contributed by atoms with Gasteiger partial charge in [0.05, 0.1) is 10.6 Å². The normalized spacial score (nSPS) is 15.2. The minimum atomic E-state index is -0.169. The number of carbonyl (C=O) groups excluding carboxylic acids is 1. The third-order valence-electron chi connectivity index (χ3n) is 2.11. The van der Waals surface area contributed by atoms with Crippen LogP contribution in [0.4, 0.5) is 0 Å². The Balaban J connectivity index is 2.17. The Morgan fingerprint density at radius 2 is 2.21 bits per heavy atom. The SMILES string of the molecule is O=C(NC1CC1)c1ccc(O)cc1Cl. The molecule has 14 heavy (non-hydrogen) atoms. The zero-order valence-electron chi connectivity index (χ0n) is 7.46. The zero-order valence-corrected chi connectivity index (χ0v) is 8.21. The number of nitrogens with one attached hydrogen (secondary N) is 1. The molecule has 1 aliphatic rings. The molecular weight excluding hydrogens is 202 g/mol. The molecule has 0 unspecified atom stereocenters. The van der Waals surface area contributed by atoms with Gasteiger partial charge in [0.25, 0.3) is 5.91 Å². The minimum Gasteiger partial charge on any atom is -0.508 e. The predicted molar refractivity (Wildman–Crippen MR) is 53.6 cm³/mol. The van der Waals surface area contributed by atoms with E-state index in [0.29, 0.717) is 11.6 Å². The highest BCUT2D eigenvalue weighted by molar-refractivity contribution is 6.34. The first-order chi connectivity index (χ1) is 6.66. The van der Waals surface area contributed by atoms with E-state index in [0.717, 1.165) is 12.8 Å². The van der Waals surface area contributed by atoms with Crippen LogP contribution in [0.3, 0.4) is 0 Å². The second kappa shape index (κ2) is 3.50. The summed E-state index contributed by atoms with van der Waals surface area (Å²) in [6.45, 7) is 0. The van der Waals surface area contributed by atoms with E-state index in [2.05, 4.69) is 5.32 Å². The number of phenolic OH excluding ortho intramolecular Hbond substituents is 1. The number of rotatable bonds is 2. The van der Waals surface area contributed by atoms with Crippen molar-refractivity contribution in [3.8, 4) is 5.75 Å². The number of amides is 1. The van der Waals surface area contributed by atoms with Gasteiger partial charge >= 0.3 is 0 Å². The van der Waals surface area contributed by atoms with Crippen LogP contribution in [0.15, 0.2) is 18.2 Å². The first-order valence-corrected chi connectivity index (χ1v) is 4.84. The number of hydrogen-bond donors (Lipinski definition) is 2. The van der Waals surface area contributed by atoms with Crippen molar-refractivity contribution in [3.63, 3.8) is 0 Å². The molecule has 1 aromatic carbocycles. The van der Waals surface area contributed by atoms with Gasteiger partial charge in [0, 0.05) is 6.04 Å². The maximum absolute atomic E-state index is 11.6. The lowest BCUT2D eigenvalue weighted by molar-refractivity contribution is 0.0951. The summed E-state index contributed by atoms with van der Waals surface area (Å²) in [4.78, 5) is 11.6. The van der Waals surface area contributed by atoms with Crippen molar-refractivity contribution < 1.29 is 9.90 Å². The molecule has 0 atom stereocenters. The van der Waals surface area contributed by atoms with Crippen molar-refractivity contribution >= 4 is 17.5 Å². The number of carbonyl (C=O) groups is 1. The second-order valence-corrected chi connectivity index (χ2v) is 3.82. The van der Waals surface area contributed by atoms with E-state index in [4.69, 9.17) is 16.7 Å². The molecule has 0 aliphatic heterocycles. The van der Waals surface area contributed by atoms with Gasteiger partial charge in [0.1, 0.15) is 5.75 Å². The quantitative estimate of drug-likeness (QED) is 0.786.